The van der Waals surface area contributed by atoms with Crippen molar-refractivity contribution in [3.05, 3.63) is 23.3 Å². The first-order chi connectivity index (χ1) is 6.13. The summed E-state index contributed by atoms with van der Waals surface area (Å²) in [6.07, 6.45) is 0.364. The van der Waals surface area contributed by atoms with Crippen LogP contribution in [0.25, 0.3) is 0 Å². The Hall–Kier alpha value is -1.43. The maximum absolute atomic E-state index is 8.53. The highest BCUT2D eigenvalue weighted by Gasteiger charge is 2.05. The Labute approximate surface area is 78.5 Å². The van der Waals surface area contributed by atoms with Crippen LogP contribution in [0.4, 0.5) is 0 Å². The van der Waals surface area contributed by atoms with Gasteiger partial charge in [0.05, 0.1) is 18.2 Å². The Morgan fingerprint density at radius 3 is 2.69 bits per heavy atom. The quantitative estimate of drug-likeness (QED) is 0.690. The number of aromatic nitrogens is 2. The number of aryl methyl sites for hydroxylation is 1. The molecule has 0 aromatic carbocycles. The first-order valence-electron chi connectivity index (χ1n) is 4.35. The molecule has 0 saturated heterocycles. The summed E-state index contributed by atoms with van der Waals surface area (Å²) in [5.41, 5.74) is 1.75. The number of hydrogen-bond donors (Lipinski definition) is 0. The van der Waals surface area contributed by atoms with Crippen LogP contribution >= 0.6 is 0 Å². The summed E-state index contributed by atoms with van der Waals surface area (Å²) in [5, 5.41) is 8.53. The van der Waals surface area contributed by atoms with Gasteiger partial charge in [0.15, 0.2) is 0 Å². The summed E-state index contributed by atoms with van der Waals surface area (Å²) in [5.74, 6) is 1.14. The fourth-order valence-electron chi connectivity index (χ4n) is 1.09. The summed E-state index contributed by atoms with van der Waals surface area (Å²) in [4.78, 5) is 8.58. The molecule has 0 fully saturated rings. The molecule has 0 saturated carbocycles. The van der Waals surface area contributed by atoms with Gasteiger partial charge in [-0.05, 0) is 13.0 Å². The lowest BCUT2D eigenvalue weighted by molar-refractivity contribution is 0.754. The van der Waals surface area contributed by atoms with Crippen LogP contribution in [-0.4, -0.2) is 9.97 Å². The van der Waals surface area contributed by atoms with Crippen molar-refractivity contribution >= 4 is 0 Å². The zero-order valence-electron chi connectivity index (χ0n) is 8.20. The van der Waals surface area contributed by atoms with Gasteiger partial charge in [-0.25, -0.2) is 9.97 Å². The fraction of sp³-hybridized carbons (Fsp3) is 0.500. The average Bonchev–Trinajstić information content (AvgIpc) is 2.03. The minimum absolute atomic E-state index is 0.317. The molecular weight excluding hydrogens is 162 g/mol. The Kier molecular flexibility index (Phi) is 2.97. The third-order valence-electron chi connectivity index (χ3n) is 1.70. The second kappa shape index (κ2) is 3.99. The molecule has 1 aromatic heterocycles. The smallest absolute Gasteiger partial charge is 0.131 e. The van der Waals surface area contributed by atoms with Gasteiger partial charge in [-0.15, -0.1) is 0 Å². The maximum atomic E-state index is 8.53. The summed E-state index contributed by atoms with van der Waals surface area (Å²) in [7, 11) is 0. The molecule has 3 nitrogen and oxygen atoms in total. The maximum Gasteiger partial charge on any atom is 0.131 e. The second-order valence-corrected chi connectivity index (χ2v) is 3.35. The molecule has 1 rings (SSSR count). The average molecular weight is 175 g/mol. The zero-order valence-corrected chi connectivity index (χ0v) is 8.20. The SMILES string of the molecule is Cc1cc(CC#N)nc(C(C)C)n1. The molecule has 0 bridgehead atoms. The van der Waals surface area contributed by atoms with E-state index < -0.39 is 0 Å². The Bertz CT molecular complexity index is 337. The molecule has 0 aliphatic heterocycles. The van der Waals surface area contributed by atoms with E-state index in [0.717, 1.165) is 17.2 Å². The van der Waals surface area contributed by atoms with Crippen LogP contribution in [0.1, 0.15) is 37.0 Å². The van der Waals surface area contributed by atoms with Crippen LogP contribution in [0.2, 0.25) is 0 Å². The number of hydrogen-bond acceptors (Lipinski definition) is 3. The highest BCUT2D eigenvalue weighted by molar-refractivity contribution is 5.14. The predicted octanol–water partition coefficient (Wildman–Crippen LogP) is 1.97. The summed E-state index contributed by atoms with van der Waals surface area (Å²) in [6, 6.07) is 3.94. The largest absolute Gasteiger partial charge is 0.238 e. The molecule has 0 amide bonds. The molecule has 13 heavy (non-hydrogen) atoms. The molecule has 0 spiro atoms. The molecule has 0 atom stereocenters. The predicted molar refractivity (Wildman–Crippen MR) is 50.2 cm³/mol. The van der Waals surface area contributed by atoms with Gasteiger partial charge in [-0.2, -0.15) is 5.26 Å². The van der Waals surface area contributed by atoms with Crippen LogP contribution in [0.5, 0.6) is 0 Å². The standard InChI is InChI=1S/C10H13N3/c1-7(2)10-12-8(3)6-9(13-10)4-5-11/h6-7H,4H2,1-3H3. The van der Waals surface area contributed by atoms with Gasteiger partial charge in [0.2, 0.25) is 0 Å². The van der Waals surface area contributed by atoms with Crippen molar-refractivity contribution in [2.75, 3.05) is 0 Å². The molecule has 0 unspecified atom stereocenters. The van der Waals surface area contributed by atoms with E-state index in [1.807, 2.05) is 26.8 Å². The fourth-order valence-corrected chi connectivity index (χ4v) is 1.09. The molecule has 68 valence electrons. The van der Waals surface area contributed by atoms with Gasteiger partial charge in [-0.3, -0.25) is 0 Å². The van der Waals surface area contributed by atoms with E-state index in [9.17, 15) is 0 Å². The third kappa shape index (κ3) is 2.51. The summed E-state index contributed by atoms with van der Waals surface area (Å²) >= 11 is 0. The minimum atomic E-state index is 0.317. The molecule has 1 heterocycles. The molecular formula is C10H13N3. The topological polar surface area (TPSA) is 49.6 Å². The summed E-state index contributed by atoms with van der Waals surface area (Å²) < 4.78 is 0. The highest BCUT2D eigenvalue weighted by atomic mass is 14.9. The first-order valence-corrected chi connectivity index (χ1v) is 4.35. The van der Waals surface area contributed by atoms with E-state index in [1.165, 1.54) is 0 Å². The van der Waals surface area contributed by atoms with Crippen molar-refractivity contribution in [2.45, 2.75) is 33.1 Å². The molecule has 0 aliphatic rings. The van der Waals surface area contributed by atoms with E-state index >= 15 is 0 Å². The van der Waals surface area contributed by atoms with Crippen molar-refractivity contribution in [3.8, 4) is 6.07 Å². The van der Waals surface area contributed by atoms with E-state index in [4.69, 9.17) is 5.26 Å². The zero-order chi connectivity index (χ0) is 9.84. The van der Waals surface area contributed by atoms with Gasteiger partial charge >= 0.3 is 0 Å². The lowest BCUT2D eigenvalue weighted by atomic mass is 10.2. The van der Waals surface area contributed by atoms with E-state index in [2.05, 4.69) is 16.0 Å². The van der Waals surface area contributed by atoms with Gasteiger partial charge in [0.1, 0.15) is 5.82 Å². The highest BCUT2D eigenvalue weighted by Crippen LogP contribution is 2.10. The number of nitrogens with zero attached hydrogens (tertiary/aromatic N) is 3. The van der Waals surface area contributed by atoms with Crippen molar-refractivity contribution in [2.24, 2.45) is 0 Å². The van der Waals surface area contributed by atoms with Crippen LogP contribution in [0, 0.1) is 18.3 Å². The van der Waals surface area contributed by atoms with Crippen molar-refractivity contribution in [1.82, 2.24) is 9.97 Å². The minimum Gasteiger partial charge on any atom is -0.238 e. The van der Waals surface area contributed by atoms with Gasteiger partial charge in [-0.1, -0.05) is 13.8 Å². The first kappa shape index (κ1) is 9.66. The van der Waals surface area contributed by atoms with E-state index in [-0.39, 0.29) is 0 Å². The van der Waals surface area contributed by atoms with Crippen LogP contribution in [0.3, 0.4) is 0 Å². The van der Waals surface area contributed by atoms with Crippen molar-refractivity contribution in [1.29, 1.82) is 5.26 Å². The third-order valence-corrected chi connectivity index (χ3v) is 1.70. The van der Waals surface area contributed by atoms with Crippen LogP contribution < -0.4 is 0 Å². The molecule has 0 N–H and O–H groups in total. The number of nitriles is 1. The summed E-state index contributed by atoms with van der Waals surface area (Å²) in [6.45, 7) is 6.02. The Morgan fingerprint density at radius 1 is 1.46 bits per heavy atom. The monoisotopic (exact) mass is 175 g/mol. The lowest BCUT2D eigenvalue weighted by Gasteiger charge is -2.05. The van der Waals surface area contributed by atoms with E-state index in [1.54, 1.807) is 0 Å². The molecule has 3 heteroatoms. The van der Waals surface area contributed by atoms with E-state index in [0.29, 0.717) is 12.3 Å². The molecule has 1 aromatic rings. The van der Waals surface area contributed by atoms with Gasteiger partial charge < -0.3 is 0 Å². The van der Waals surface area contributed by atoms with Crippen molar-refractivity contribution < 1.29 is 0 Å². The lowest BCUT2D eigenvalue weighted by Crippen LogP contribution is -2.02. The normalized spacial score (nSPS) is 10.1. The Balaban J connectivity index is 3.05. The van der Waals surface area contributed by atoms with Gasteiger partial charge in [0, 0.05) is 11.6 Å². The van der Waals surface area contributed by atoms with Crippen LogP contribution in [0.15, 0.2) is 6.07 Å². The molecule has 0 aliphatic carbocycles. The molecule has 0 radical (unpaired) electrons. The van der Waals surface area contributed by atoms with Crippen LogP contribution in [-0.2, 0) is 6.42 Å². The Morgan fingerprint density at radius 2 is 2.15 bits per heavy atom. The van der Waals surface area contributed by atoms with Crippen molar-refractivity contribution in [3.63, 3.8) is 0 Å². The second-order valence-electron chi connectivity index (χ2n) is 3.35. The van der Waals surface area contributed by atoms with Gasteiger partial charge in [0.25, 0.3) is 0 Å². The number of rotatable bonds is 2.